The number of piperazine rings is 1. The second-order valence-corrected chi connectivity index (χ2v) is 8.33. The number of anilines is 1. The van der Waals surface area contributed by atoms with Gasteiger partial charge in [0, 0.05) is 57.4 Å². The Morgan fingerprint density at radius 2 is 1.76 bits per heavy atom. The molecule has 152 valence electrons. The molecule has 5 nitrogen and oxygen atoms in total. The minimum atomic E-state index is 0.0405. The van der Waals surface area contributed by atoms with Crippen LogP contribution in [0, 0.1) is 0 Å². The van der Waals surface area contributed by atoms with Crippen LogP contribution in [0.25, 0.3) is 0 Å². The first-order valence-corrected chi connectivity index (χ1v) is 10.5. The second kappa shape index (κ2) is 8.34. The summed E-state index contributed by atoms with van der Waals surface area (Å²) in [5.41, 5.74) is 3.70. The molecule has 0 bridgehead atoms. The SMILES string of the molecule is CC(=O)N1CCc2cc(C(=O)N3CCN(Cc4cccc(Cl)c4Cl)CC3)ccc21. The average Bonchev–Trinajstić information content (AvgIpc) is 3.15. The molecule has 0 saturated carbocycles. The molecule has 2 aromatic rings. The highest BCUT2D eigenvalue weighted by molar-refractivity contribution is 6.42. The van der Waals surface area contributed by atoms with Crippen molar-refractivity contribution in [3.63, 3.8) is 0 Å². The Bertz CT molecular complexity index is 955. The molecule has 1 saturated heterocycles. The molecule has 7 heteroatoms. The molecule has 2 amide bonds. The number of hydrogen-bond donors (Lipinski definition) is 0. The van der Waals surface area contributed by atoms with Gasteiger partial charge in [-0.05, 0) is 41.8 Å². The predicted octanol–water partition coefficient (Wildman–Crippen LogP) is 3.86. The predicted molar refractivity (Wildman–Crippen MR) is 116 cm³/mol. The number of amides is 2. The normalized spacial score (nSPS) is 16.8. The van der Waals surface area contributed by atoms with Crippen molar-refractivity contribution in [2.75, 3.05) is 37.6 Å². The fourth-order valence-electron chi connectivity index (χ4n) is 4.07. The second-order valence-electron chi connectivity index (χ2n) is 7.55. The monoisotopic (exact) mass is 431 g/mol. The number of fused-ring (bicyclic) bond motifs is 1. The minimum absolute atomic E-state index is 0.0405. The largest absolute Gasteiger partial charge is 0.336 e. The molecule has 2 aromatic carbocycles. The summed E-state index contributed by atoms with van der Waals surface area (Å²) >= 11 is 12.4. The molecular formula is C22H23Cl2N3O2. The van der Waals surface area contributed by atoms with Crippen molar-refractivity contribution in [3.05, 3.63) is 63.1 Å². The number of nitrogens with zero attached hydrogens (tertiary/aromatic N) is 3. The third kappa shape index (κ3) is 4.13. The molecule has 0 unspecified atom stereocenters. The lowest BCUT2D eigenvalue weighted by molar-refractivity contribution is -0.116. The molecular weight excluding hydrogens is 409 g/mol. The minimum Gasteiger partial charge on any atom is -0.336 e. The zero-order valence-corrected chi connectivity index (χ0v) is 17.8. The van der Waals surface area contributed by atoms with Gasteiger partial charge in [0.1, 0.15) is 0 Å². The van der Waals surface area contributed by atoms with Crippen LogP contribution in [0.15, 0.2) is 36.4 Å². The molecule has 1 fully saturated rings. The number of hydrogen-bond acceptors (Lipinski definition) is 3. The Morgan fingerprint density at radius 3 is 2.48 bits per heavy atom. The summed E-state index contributed by atoms with van der Waals surface area (Å²) in [5, 5.41) is 1.17. The molecule has 0 spiro atoms. The van der Waals surface area contributed by atoms with Crippen LogP contribution in [0.2, 0.25) is 10.0 Å². The van der Waals surface area contributed by atoms with E-state index in [1.807, 2.05) is 35.2 Å². The molecule has 2 heterocycles. The van der Waals surface area contributed by atoms with Crippen molar-refractivity contribution in [2.24, 2.45) is 0 Å². The van der Waals surface area contributed by atoms with Gasteiger partial charge in [-0.2, -0.15) is 0 Å². The fourth-order valence-corrected chi connectivity index (χ4v) is 4.44. The van der Waals surface area contributed by atoms with E-state index in [4.69, 9.17) is 23.2 Å². The average molecular weight is 432 g/mol. The van der Waals surface area contributed by atoms with Gasteiger partial charge in [-0.25, -0.2) is 0 Å². The first-order chi connectivity index (χ1) is 13.9. The van der Waals surface area contributed by atoms with Gasteiger partial charge in [-0.3, -0.25) is 14.5 Å². The van der Waals surface area contributed by atoms with Gasteiger partial charge < -0.3 is 9.80 Å². The highest BCUT2D eigenvalue weighted by Gasteiger charge is 2.26. The number of benzene rings is 2. The van der Waals surface area contributed by atoms with E-state index in [1.54, 1.807) is 17.9 Å². The van der Waals surface area contributed by atoms with Gasteiger partial charge >= 0.3 is 0 Å². The molecule has 4 rings (SSSR count). The highest BCUT2D eigenvalue weighted by atomic mass is 35.5. The summed E-state index contributed by atoms with van der Waals surface area (Å²) in [6, 6.07) is 11.4. The van der Waals surface area contributed by atoms with Crippen LogP contribution in [-0.4, -0.2) is 54.3 Å². The molecule has 29 heavy (non-hydrogen) atoms. The van der Waals surface area contributed by atoms with Crippen molar-refractivity contribution in [1.29, 1.82) is 0 Å². The van der Waals surface area contributed by atoms with Crippen LogP contribution < -0.4 is 4.90 Å². The quantitative estimate of drug-likeness (QED) is 0.740. The van der Waals surface area contributed by atoms with Crippen molar-refractivity contribution in [1.82, 2.24) is 9.80 Å². The van der Waals surface area contributed by atoms with Gasteiger partial charge in [0.05, 0.1) is 10.0 Å². The van der Waals surface area contributed by atoms with Crippen LogP contribution in [0.1, 0.15) is 28.4 Å². The lowest BCUT2D eigenvalue weighted by atomic mass is 10.1. The van der Waals surface area contributed by atoms with E-state index in [2.05, 4.69) is 4.90 Å². The summed E-state index contributed by atoms with van der Waals surface area (Å²) in [7, 11) is 0. The van der Waals surface area contributed by atoms with Crippen LogP contribution in [0.5, 0.6) is 0 Å². The lowest BCUT2D eigenvalue weighted by Gasteiger charge is -2.35. The maximum absolute atomic E-state index is 13.0. The van der Waals surface area contributed by atoms with E-state index in [-0.39, 0.29) is 11.8 Å². The van der Waals surface area contributed by atoms with E-state index in [1.165, 1.54) is 0 Å². The maximum atomic E-state index is 13.0. The van der Waals surface area contributed by atoms with Crippen molar-refractivity contribution < 1.29 is 9.59 Å². The van der Waals surface area contributed by atoms with Crippen molar-refractivity contribution in [3.8, 4) is 0 Å². The molecule has 0 atom stereocenters. The summed E-state index contributed by atoms with van der Waals surface area (Å²) in [6.07, 6.45) is 0.796. The molecule has 2 aliphatic rings. The topological polar surface area (TPSA) is 43.9 Å². The Labute approximate surface area is 180 Å². The van der Waals surface area contributed by atoms with Crippen molar-refractivity contribution >= 4 is 40.7 Å². The Balaban J connectivity index is 1.38. The summed E-state index contributed by atoms with van der Waals surface area (Å²) < 4.78 is 0. The smallest absolute Gasteiger partial charge is 0.253 e. The summed E-state index contributed by atoms with van der Waals surface area (Å²) in [4.78, 5) is 30.6. The molecule has 0 aromatic heterocycles. The number of carbonyl (C=O) groups is 2. The van der Waals surface area contributed by atoms with Crippen LogP contribution in [0.4, 0.5) is 5.69 Å². The van der Waals surface area contributed by atoms with Gasteiger partial charge in [-0.15, -0.1) is 0 Å². The number of carbonyl (C=O) groups excluding carboxylic acids is 2. The van der Waals surface area contributed by atoms with Crippen LogP contribution in [0.3, 0.4) is 0 Å². The summed E-state index contributed by atoms with van der Waals surface area (Å²) in [5.74, 6) is 0.0910. The van der Waals surface area contributed by atoms with Gasteiger partial charge in [0.2, 0.25) is 5.91 Å². The molecule has 0 aliphatic carbocycles. The summed E-state index contributed by atoms with van der Waals surface area (Å²) in [6.45, 7) is 5.91. The zero-order chi connectivity index (χ0) is 20.5. The van der Waals surface area contributed by atoms with E-state index in [0.717, 1.165) is 42.9 Å². The highest BCUT2D eigenvalue weighted by Crippen LogP contribution is 2.30. The first kappa shape index (κ1) is 20.2. The number of rotatable bonds is 3. The van der Waals surface area contributed by atoms with Gasteiger partial charge in [0.15, 0.2) is 0 Å². The maximum Gasteiger partial charge on any atom is 0.253 e. The molecule has 0 radical (unpaired) electrons. The Hall–Kier alpha value is -2.08. The first-order valence-electron chi connectivity index (χ1n) is 9.79. The van der Waals surface area contributed by atoms with E-state index < -0.39 is 0 Å². The molecule has 2 aliphatic heterocycles. The fraction of sp³-hybridized carbons (Fsp3) is 0.364. The van der Waals surface area contributed by atoms with Gasteiger partial charge in [0.25, 0.3) is 5.91 Å². The van der Waals surface area contributed by atoms with E-state index >= 15 is 0 Å². The lowest BCUT2D eigenvalue weighted by Crippen LogP contribution is -2.48. The third-order valence-corrected chi connectivity index (χ3v) is 6.55. The van der Waals surface area contributed by atoms with E-state index in [0.29, 0.717) is 35.2 Å². The van der Waals surface area contributed by atoms with Crippen LogP contribution in [-0.2, 0) is 17.8 Å². The molecule has 0 N–H and O–H groups in total. The zero-order valence-electron chi connectivity index (χ0n) is 16.3. The van der Waals surface area contributed by atoms with E-state index in [9.17, 15) is 9.59 Å². The third-order valence-electron chi connectivity index (χ3n) is 5.69. The van der Waals surface area contributed by atoms with Crippen molar-refractivity contribution in [2.45, 2.75) is 19.9 Å². The Kier molecular flexibility index (Phi) is 5.81. The standard InChI is InChI=1S/C22H23Cl2N3O2/c1-15(28)27-8-7-16-13-17(5-6-20(16)27)22(29)26-11-9-25(10-12-26)14-18-3-2-4-19(23)21(18)24/h2-6,13H,7-12,14H2,1H3. The van der Waals surface area contributed by atoms with Crippen LogP contribution >= 0.6 is 23.2 Å². The van der Waals surface area contributed by atoms with Gasteiger partial charge in [-0.1, -0.05) is 35.3 Å². The Morgan fingerprint density at radius 1 is 1.00 bits per heavy atom. The number of halogens is 2.